The number of hydrogen-bond acceptors (Lipinski definition) is 6. The molecular formula is C31H35F6N4O5P. The third kappa shape index (κ3) is 8.98. The van der Waals surface area contributed by atoms with Crippen LogP contribution in [0.3, 0.4) is 0 Å². The molecule has 1 aromatic heterocycles. The molecule has 1 amide bonds. The van der Waals surface area contributed by atoms with Gasteiger partial charge in [-0.3, -0.25) is 24.1 Å². The monoisotopic (exact) mass is 688 g/mol. The van der Waals surface area contributed by atoms with Crippen LogP contribution in [0.5, 0.6) is 0 Å². The molecule has 16 heteroatoms. The van der Waals surface area contributed by atoms with Gasteiger partial charge in [0.1, 0.15) is 6.73 Å². The first-order valence-corrected chi connectivity index (χ1v) is 16.0. The number of likely N-dealkylation sites (N-methyl/N-ethyl adjacent to an activating group) is 1. The number of aryl methyl sites for hydroxylation is 1. The first kappa shape index (κ1) is 36.5. The minimum Gasteiger partial charge on any atom is -0.313 e. The molecule has 256 valence electrons. The van der Waals surface area contributed by atoms with Crippen LogP contribution in [0.4, 0.5) is 32.0 Å². The third-order valence-electron chi connectivity index (χ3n) is 8.17. The lowest BCUT2D eigenvalue weighted by molar-refractivity contribution is -0.143. The highest BCUT2D eigenvalue weighted by Crippen LogP contribution is 2.40. The van der Waals surface area contributed by atoms with Crippen molar-refractivity contribution in [1.29, 1.82) is 0 Å². The van der Waals surface area contributed by atoms with Crippen LogP contribution >= 0.6 is 7.82 Å². The largest absolute Gasteiger partial charge is 0.470 e. The van der Waals surface area contributed by atoms with Crippen LogP contribution < -0.4 is 4.90 Å². The number of alkyl halides is 6. The predicted molar refractivity (Wildman–Crippen MR) is 162 cm³/mol. The number of halogens is 6. The summed E-state index contributed by atoms with van der Waals surface area (Å²) in [4.78, 5) is 41.4. The van der Waals surface area contributed by atoms with Gasteiger partial charge in [-0.25, -0.2) is 4.57 Å². The molecule has 9 nitrogen and oxygen atoms in total. The van der Waals surface area contributed by atoms with Crippen LogP contribution in [0.15, 0.2) is 54.7 Å². The molecule has 0 atom stereocenters. The fraction of sp³-hybridized carbons (Fsp3) is 0.419. The summed E-state index contributed by atoms with van der Waals surface area (Å²) in [6.07, 6.45) is -8.69. The first-order chi connectivity index (χ1) is 21.7. The Morgan fingerprint density at radius 1 is 0.894 bits per heavy atom. The summed E-state index contributed by atoms with van der Waals surface area (Å²) in [6.45, 7) is 6.68. The number of phosphoric acid groups is 1. The standard InChI is InChI=1S/C31H35F6N4O5P/c1-20-7-5-6-8-25(20)26-16-24(17-38-27(26)18-40-9-11-41(12-10-40)19-46-47(43,44)45)39(4)28(42)29(2,3)21-13-22(30(32,33)34)15-23(14-21)31(35,36)37/h5-8,13-17H,9-12,18-19H2,1-4H3,(H2,43,44,45). The normalized spacial score (nSPS) is 15.6. The van der Waals surface area contributed by atoms with E-state index in [1.165, 1.54) is 32.0 Å². The molecule has 2 aromatic carbocycles. The SMILES string of the molecule is Cc1ccccc1-c1cc(N(C)C(=O)C(C)(C)c2cc(C(F)(F)F)cc(C(F)(F)F)c2)cnc1CN1CCN(COP(=O)(O)O)CC1. The molecule has 1 aliphatic heterocycles. The van der Waals surface area contributed by atoms with E-state index in [1.54, 1.807) is 11.0 Å². The molecule has 1 fully saturated rings. The second-order valence-electron chi connectivity index (χ2n) is 11.9. The topological polar surface area (TPSA) is 106 Å². The number of rotatable bonds is 9. The molecule has 47 heavy (non-hydrogen) atoms. The number of aromatic nitrogens is 1. The fourth-order valence-corrected chi connectivity index (χ4v) is 5.63. The van der Waals surface area contributed by atoms with E-state index in [2.05, 4.69) is 14.4 Å². The van der Waals surface area contributed by atoms with E-state index in [0.717, 1.165) is 11.1 Å². The Balaban J connectivity index is 1.64. The van der Waals surface area contributed by atoms with Crippen LogP contribution in [0.2, 0.25) is 0 Å². The minimum absolute atomic E-state index is 0.0287. The number of pyridine rings is 1. The van der Waals surface area contributed by atoms with Gasteiger partial charge in [-0.15, -0.1) is 0 Å². The summed E-state index contributed by atoms with van der Waals surface area (Å²) in [6, 6.07) is 10.4. The number of carbonyl (C=O) groups excluding carboxylic acids is 1. The van der Waals surface area contributed by atoms with E-state index in [9.17, 15) is 35.7 Å². The summed E-state index contributed by atoms with van der Waals surface area (Å²) >= 11 is 0. The molecule has 0 aliphatic carbocycles. The van der Waals surface area contributed by atoms with Crippen molar-refractivity contribution in [3.05, 3.63) is 82.7 Å². The first-order valence-electron chi connectivity index (χ1n) is 14.4. The molecule has 4 rings (SSSR count). The van der Waals surface area contributed by atoms with E-state index in [-0.39, 0.29) is 18.5 Å². The van der Waals surface area contributed by atoms with Gasteiger partial charge >= 0.3 is 20.2 Å². The predicted octanol–water partition coefficient (Wildman–Crippen LogP) is 6.22. The van der Waals surface area contributed by atoms with Crippen molar-refractivity contribution in [3.63, 3.8) is 0 Å². The number of amides is 1. The number of hydrogen-bond donors (Lipinski definition) is 2. The second-order valence-corrected chi connectivity index (χ2v) is 13.2. The lowest BCUT2D eigenvalue weighted by Crippen LogP contribution is -2.46. The number of nitrogens with zero attached hydrogens (tertiary/aromatic N) is 4. The van der Waals surface area contributed by atoms with E-state index in [0.29, 0.717) is 56.1 Å². The van der Waals surface area contributed by atoms with Crippen LogP contribution in [-0.2, 0) is 38.2 Å². The van der Waals surface area contributed by atoms with Crippen molar-refractivity contribution in [2.75, 3.05) is 44.9 Å². The smallest absolute Gasteiger partial charge is 0.313 e. The lowest BCUT2D eigenvalue weighted by atomic mass is 9.81. The quantitative estimate of drug-likeness (QED) is 0.202. The summed E-state index contributed by atoms with van der Waals surface area (Å²) in [5.74, 6) is -0.746. The lowest BCUT2D eigenvalue weighted by Gasteiger charge is -2.34. The Bertz CT molecular complexity index is 1620. The molecular weight excluding hydrogens is 653 g/mol. The van der Waals surface area contributed by atoms with Crippen molar-refractivity contribution >= 4 is 19.4 Å². The number of carbonyl (C=O) groups is 1. The van der Waals surface area contributed by atoms with E-state index >= 15 is 0 Å². The molecule has 0 bridgehead atoms. The van der Waals surface area contributed by atoms with Gasteiger partial charge in [0, 0.05) is 45.3 Å². The Labute approximate surface area is 268 Å². The zero-order chi connectivity index (χ0) is 34.9. The zero-order valence-electron chi connectivity index (χ0n) is 26.1. The molecule has 2 heterocycles. The highest BCUT2D eigenvalue weighted by Gasteiger charge is 2.41. The van der Waals surface area contributed by atoms with Gasteiger partial charge in [-0.2, -0.15) is 26.3 Å². The van der Waals surface area contributed by atoms with Gasteiger partial charge in [0.05, 0.1) is 34.1 Å². The molecule has 0 radical (unpaired) electrons. The Kier molecular flexibility index (Phi) is 10.6. The van der Waals surface area contributed by atoms with Crippen LogP contribution in [0.1, 0.15) is 41.8 Å². The van der Waals surface area contributed by atoms with Crippen molar-refractivity contribution in [3.8, 4) is 11.1 Å². The van der Waals surface area contributed by atoms with Gasteiger partial charge in [0.25, 0.3) is 0 Å². The minimum atomic E-state index is -5.06. The van der Waals surface area contributed by atoms with Crippen molar-refractivity contribution in [2.24, 2.45) is 0 Å². The molecule has 3 aromatic rings. The maximum Gasteiger partial charge on any atom is 0.470 e. The third-order valence-corrected chi connectivity index (χ3v) is 8.63. The van der Waals surface area contributed by atoms with E-state index < -0.39 is 48.2 Å². The van der Waals surface area contributed by atoms with Crippen molar-refractivity contribution in [1.82, 2.24) is 14.8 Å². The fourth-order valence-electron chi connectivity index (χ4n) is 5.32. The summed E-state index contributed by atoms with van der Waals surface area (Å²) < 4.78 is 97.1. The van der Waals surface area contributed by atoms with E-state index in [1.807, 2.05) is 31.2 Å². The highest BCUT2D eigenvalue weighted by atomic mass is 31.2. The van der Waals surface area contributed by atoms with Gasteiger partial charge in [0.15, 0.2) is 0 Å². The van der Waals surface area contributed by atoms with Gasteiger partial charge in [-0.05, 0) is 61.7 Å². The maximum absolute atomic E-state index is 13.8. The van der Waals surface area contributed by atoms with Crippen molar-refractivity contribution < 1.29 is 50.0 Å². The molecule has 0 unspecified atom stereocenters. The average Bonchev–Trinajstić information content (AvgIpc) is 2.99. The summed E-state index contributed by atoms with van der Waals surface area (Å²) in [7, 11) is -3.21. The molecule has 0 saturated carbocycles. The van der Waals surface area contributed by atoms with Crippen LogP contribution in [0, 0.1) is 6.92 Å². The average molecular weight is 689 g/mol. The van der Waals surface area contributed by atoms with E-state index in [4.69, 9.17) is 9.79 Å². The van der Waals surface area contributed by atoms with Crippen LogP contribution in [-0.4, -0.2) is 70.4 Å². The molecule has 0 spiro atoms. The number of anilines is 1. The Morgan fingerprint density at radius 3 is 1.96 bits per heavy atom. The summed E-state index contributed by atoms with van der Waals surface area (Å²) in [5, 5.41) is 0. The van der Waals surface area contributed by atoms with Gasteiger partial charge in [0.2, 0.25) is 5.91 Å². The Morgan fingerprint density at radius 2 is 1.43 bits per heavy atom. The molecule has 1 aliphatic rings. The van der Waals surface area contributed by atoms with Crippen molar-refractivity contribution in [2.45, 2.75) is 45.1 Å². The van der Waals surface area contributed by atoms with Gasteiger partial charge in [-0.1, -0.05) is 24.3 Å². The zero-order valence-corrected chi connectivity index (χ0v) is 27.0. The molecule has 1 saturated heterocycles. The number of piperazine rings is 1. The Hall–Kier alpha value is -3.33. The molecule has 2 N–H and O–H groups in total. The van der Waals surface area contributed by atoms with Crippen LogP contribution in [0.25, 0.3) is 11.1 Å². The number of phosphoric ester groups is 1. The number of benzene rings is 2. The summed E-state index contributed by atoms with van der Waals surface area (Å²) in [5.41, 5.74) is -1.88. The second kappa shape index (κ2) is 13.7. The highest BCUT2D eigenvalue weighted by molar-refractivity contribution is 7.46. The van der Waals surface area contributed by atoms with Gasteiger partial charge < -0.3 is 14.7 Å². The maximum atomic E-state index is 13.8.